The van der Waals surface area contributed by atoms with Crippen molar-refractivity contribution in [3.05, 3.63) is 18.2 Å². The van der Waals surface area contributed by atoms with Gasteiger partial charge < -0.3 is 15.8 Å². The highest BCUT2D eigenvalue weighted by Gasteiger charge is 2.22. The van der Waals surface area contributed by atoms with Gasteiger partial charge in [0.2, 0.25) is 0 Å². The van der Waals surface area contributed by atoms with Crippen molar-refractivity contribution in [3.63, 3.8) is 0 Å². The molecule has 0 heterocycles. The summed E-state index contributed by atoms with van der Waals surface area (Å²) in [6, 6.07) is 5.93. The molecular weight excluding hydrogens is 224 g/mol. The van der Waals surface area contributed by atoms with Crippen LogP contribution in [-0.4, -0.2) is 13.2 Å². The molecular formula is C15H24N2O. The summed E-state index contributed by atoms with van der Waals surface area (Å²) in [4.78, 5) is 0. The molecule has 1 aromatic carbocycles. The van der Waals surface area contributed by atoms with E-state index in [0.29, 0.717) is 12.3 Å². The summed E-state index contributed by atoms with van der Waals surface area (Å²) >= 11 is 0. The summed E-state index contributed by atoms with van der Waals surface area (Å²) < 4.78 is 5.51. The van der Waals surface area contributed by atoms with Crippen molar-refractivity contribution in [1.82, 2.24) is 0 Å². The number of nitrogens with one attached hydrogen (secondary N) is 1. The zero-order valence-corrected chi connectivity index (χ0v) is 11.4. The van der Waals surface area contributed by atoms with Crippen LogP contribution in [0.2, 0.25) is 0 Å². The van der Waals surface area contributed by atoms with Gasteiger partial charge in [-0.2, -0.15) is 0 Å². The van der Waals surface area contributed by atoms with E-state index in [1.807, 2.05) is 25.1 Å². The summed E-state index contributed by atoms with van der Waals surface area (Å²) in [5.74, 6) is 2.43. The first-order valence-corrected chi connectivity index (χ1v) is 6.97. The molecule has 2 rings (SSSR count). The van der Waals surface area contributed by atoms with Crippen molar-refractivity contribution in [2.24, 2.45) is 11.8 Å². The van der Waals surface area contributed by atoms with E-state index in [0.717, 1.165) is 29.8 Å². The van der Waals surface area contributed by atoms with Gasteiger partial charge in [-0.25, -0.2) is 0 Å². The van der Waals surface area contributed by atoms with Crippen LogP contribution in [-0.2, 0) is 0 Å². The molecule has 1 aliphatic carbocycles. The van der Waals surface area contributed by atoms with Crippen LogP contribution in [0.4, 0.5) is 11.4 Å². The molecule has 18 heavy (non-hydrogen) atoms. The van der Waals surface area contributed by atoms with E-state index in [-0.39, 0.29) is 0 Å². The Kier molecular flexibility index (Phi) is 4.34. The van der Waals surface area contributed by atoms with Gasteiger partial charge in [0.15, 0.2) is 0 Å². The minimum atomic E-state index is 0.646. The molecule has 0 saturated heterocycles. The minimum absolute atomic E-state index is 0.646. The molecule has 1 aromatic rings. The standard InChI is InChI=1S/C15H24N2O/c1-3-18-15-9-13(7-8-14(15)16)17-10-12-6-4-5-11(12)2/h7-9,11-12,17H,3-6,10,16H2,1-2H3. The first kappa shape index (κ1) is 13.1. The molecule has 3 heteroatoms. The van der Waals surface area contributed by atoms with Gasteiger partial charge >= 0.3 is 0 Å². The Balaban J connectivity index is 1.94. The van der Waals surface area contributed by atoms with Crippen LogP contribution in [0.3, 0.4) is 0 Å². The second-order valence-corrected chi connectivity index (χ2v) is 5.23. The van der Waals surface area contributed by atoms with E-state index in [2.05, 4.69) is 12.2 Å². The van der Waals surface area contributed by atoms with Crippen molar-refractivity contribution >= 4 is 11.4 Å². The zero-order chi connectivity index (χ0) is 13.0. The number of anilines is 2. The smallest absolute Gasteiger partial charge is 0.144 e. The average Bonchev–Trinajstić information content (AvgIpc) is 2.76. The average molecular weight is 248 g/mol. The third-order valence-electron chi connectivity index (χ3n) is 3.92. The van der Waals surface area contributed by atoms with E-state index in [9.17, 15) is 0 Å². The van der Waals surface area contributed by atoms with Gasteiger partial charge in [-0.3, -0.25) is 0 Å². The SMILES string of the molecule is CCOc1cc(NCC2CCCC2C)ccc1N. The molecule has 0 spiro atoms. The van der Waals surface area contributed by atoms with Crippen LogP contribution >= 0.6 is 0 Å². The summed E-state index contributed by atoms with van der Waals surface area (Å²) in [7, 11) is 0. The van der Waals surface area contributed by atoms with E-state index in [1.54, 1.807) is 0 Å². The van der Waals surface area contributed by atoms with Crippen LogP contribution in [0, 0.1) is 11.8 Å². The molecule has 1 aliphatic rings. The Bertz CT molecular complexity index is 392. The maximum atomic E-state index is 5.86. The first-order chi connectivity index (χ1) is 8.70. The molecule has 2 atom stereocenters. The molecule has 0 bridgehead atoms. The Labute approximate surface area is 110 Å². The Morgan fingerprint density at radius 1 is 1.39 bits per heavy atom. The van der Waals surface area contributed by atoms with Crippen molar-refractivity contribution in [1.29, 1.82) is 0 Å². The van der Waals surface area contributed by atoms with Crippen LogP contribution in [0.25, 0.3) is 0 Å². The van der Waals surface area contributed by atoms with Crippen molar-refractivity contribution in [2.75, 3.05) is 24.2 Å². The van der Waals surface area contributed by atoms with Crippen LogP contribution < -0.4 is 15.8 Å². The largest absolute Gasteiger partial charge is 0.492 e. The fraction of sp³-hybridized carbons (Fsp3) is 0.600. The summed E-state index contributed by atoms with van der Waals surface area (Å²) in [6.07, 6.45) is 4.10. The predicted molar refractivity (Wildman–Crippen MR) is 77.0 cm³/mol. The lowest BCUT2D eigenvalue weighted by atomic mass is 9.98. The third kappa shape index (κ3) is 3.09. The molecule has 3 nitrogen and oxygen atoms in total. The Morgan fingerprint density at radius 2 is 2.22 bits per heavy atom. The zero-order valence-electron chi connectivity index (χ0n) is 11.4. The molecule has 2 unspecified atom stereocenters. The maximum absolute atomic E-state index is 5.86. The number of ether oxygens (including phenoxy) is 1. The summed E-state index contributed by atoms with van der Waals surface area (Å²) in [5, 5.41) is 3.51. The Hall–Kier alpha value is -1.38. The number of hydrogen-bond donors (Lipinski definition) is 2. The topological polar surface area (TPSA) is 47.3 Å². The molecule has 0 amide bonds. The van der Waals surface area contributed by atoms with E-state index < -0.39 is 0 Å². The lowest BCUT2D eigenvalue weighted by molar-refractivity contribution is 0.342. The molecule has 1 saturated carbocycles. The van der Waals surface area contributed by atoms with Crippen molar-refractivity contribution < 1.29 is 4.74 Å². The molecule has 3 N–H and O–H groups in total. The van der Waals surface area contributed by atoms with Gasteiger partial charge in [-0.05, 0) is 37.3 Å². The second kappa shape index (κ2) is 5.98. The third-order valence-corrected chi connectivity index (χ3v) is 3.92. The lowest BCUT2D eigenvalue weighted by Gasteiger charge is -2.17. The number of hydrogen-bond acceptors (Lipinski definition) is 3. The van der Waals surface area contributed by atoms with E-state index in [1.165, 1.54) is 19.3 Å². The predicted octanol–water partition coefficient (Wildman–Crippen LogP) is 3.52. The van der Waals surface area contributed by atoms with Crippen LogP contribution in [0.1, 0.15) is 33.1 Å². The van der Waals surface area contributed by atoms with Crippen molar-refractivity contribution in [2.45, 2.75) is 33.1 Å². The van der Waals surface area contributed by atoms with Gasteiger partial charge in [0.1, 0.15) is 5.75 Å². The maximum Gasteiger partial charge on any atom is 0.144 e. The van der Waals surface area contributed by atoms with E-state index >= 15 is 0 Å². The molecule has 1 fully saturated rings. The van der Waals surface area contributed by atoms with Gasteiger partial charge in [-0.15, -0.1) is 0 Å². The van der Waals surface area contributed by atoms with E-state index in [4.69, 9.17) is 10.5 Å². The number of nitrogens with two attached hydrogens (primary N) is 1. The van der Waals surface area contributed by atoms with Gasteiger partial charge in [0.25, 0.3) is 0 Å². The summed E-state index contributed by atoms with van der Waals surface area (Å²) in [6.45, 7) is 6.03. The number of rotatable bonds is 5. The molecule has 0 aromatic heterocycles. The molecule has 0 aliphatic heterocycles. The molecule has 100 valence electrons. The minimum Gasteiger partial charge on any atom is -0.492 e. The quantitative estimate of drug-likeness (QED) is 0.784. The highest BCUT2D eigenvalue weighted by molar-refractivity contribution is 5.61. The number of nitrogen functional groups attached to an aromatic ring is 1. The fourth-order valence-electron chi connectivity index (χ4n) is 2.70. The Morgan fingerprint density at radius 3 is 2.89 bits per heavy atom. The highest BCUT2D eigenvalue weighted by atomic mass is 16.5. The monoisotopic (exact) mass is 248 g/mol. The van der Waals surface area contributed by atoms with Gasteiger partial charge in [0, 0.05) is 18.3 Å². The lowest BCUT2D eigenvalue weighted by Crippen LogP contribution is -2.16. The van der Waals surface area contributed by atoms with Crippen molar-refractivity contribution in [3.8, 4) is 5.75 Å². The van der Waals surface area contributed by atoms with Gasteiger partial charge in [-0.1, -0.05) is 19.8 Å². The fourth-order valence-corrected chi connectivity index (χ4v) is 2.70. The van der Waals surface area contributed by atoms with Crippen LogP contribution in [0.5, 0.6) is 5.75 Å². The van der Waals surface area contributed by atoms with Gasteiger partial charge in [0.05, 0.1) is 12.3 Å². The second-order valence-electron chi connectivity index (χ2n) is 5.23. The highest BCUT2D eigenvalue weighted by Crippen LogP contribution is 2.32. The molecule has 0 radical (unpaired) electrons. The normalized spacial score (nSPS) is 23.0. The first-order valence-electron chi connectivity index (χ1n) is 6.97. The summed E-state index contributed by atoms with van der Waals surface area (Å²) in [5.41, 5.74) is 7.67. The van der Waals surface area contributed by atoms with Crippen LogP contribution in [0.15, 0.2) is 18.2 Å². The number of benzene rings is 1.